The molecule has 120 valence electrons. The number of nitrogens with zero attached hydrogens (tertiary/aromatic N) is 2. The lowest BCUT2D eigenvalue weighted by Crippen LogP contribution is -2.19. The molecule has 0 saturated carbocycles. The van der Waals surface area contributed by atoms with E-state index in [-0.39, 0.29) is 0 Å². The predicted octanol–water partition coefficient (Wildman–Crippen LogP) is 3.96. The van der Waals surface area contributed by atoms with Crippen LogP contribution in [-0.2, 0) is 6.54 Å². The van der Waals surface area contributed by atoms with Gasteiger partial charge in [-0.2, -0.15) is 0 Å². The van der Waals surface area contributed by atoms with E-state index in [1.807, 2.05) is 0 Å². The van der Waals surface area contributed by atoms with Crippen LogP contribution in [0.4, 0.5) is 0 Å². The van der Waals surface area contributed by atoms with Crippen molar-refractivity contribution >= 4 is 0 Å². The number of ether oxygens (including phenoxy) is 1. The minimum atomic E-state index is 0.635. The van der Waals surface area contributed by atoms with Crippen LogP contribution in [0, 0.1) is 5.92 Å². The standard InChI is InChI=1S/C17H31N3O/c1-4-5-6-7-8-9-10-21-17-14-19-16(13-20-17)12-18-11-15(2)3/h13-15,18H,4-12H2,1-3H3. The summed E-state index contributed by atoms with van der Waals surface area (Å²) in [5.41, 5.74) is 0.961. The van der Waals surface area contributed by atoms with Crippen molar-refractivity contribution in [2.45, 2.75) is 65.8 Å². The zero-order valence-electron chi connectivity index (χ0n) is 13.9. The summed E-state index contributed by atoms with van der Waals surface area (Å²) in [5, 5.41) is 3.35. The topological polar surface area (TPSA) is 47.0 Å². The number of unbranched alkanes of at least 4 members (excludes halogenated alkanes) is 5. The second-order valence-electron chi connectivity index (χ2n) is 5.99. The second-order valence-corrected chi connectivity index (χ2v) is 5.99. The van der Waals surface area contributed by atoms with Gasteiger partial charge in [0.25, 0.3) is 0 Å². The van der Waals surface area contributed by atoms with E-state index < -0.39 is 0 Å². The number of hydrogen-bond donors (Lipinski definition) is 1. The molecule has 21 heavy (non-hydrogen) atoms. The van der Waals surface area contributed by atoms with Gasteiger partial charge in [0.2, 0.25) is 5.88 Å². The van der Waals surface area contributed by atoms with Crippen molar-refractivity contribution in [3.8, 4) is 5.88 Å². The first-order valence-electron chi connectivity index (χ1n) is 8.36. The average Bonchev–Trinajstić information content (AvgIpc) is 2.47. The first kappa shape index (κ1) is 17.9. The van der Waals surface area contributed by atoms with Gasteiger partial charge in [-0.15, -0.1) is 0 Å². The Bertz CT molecular complexity index is 352. The van der Waals surface area contributed by atoms with Crippen molar-refractivity contribution in [3.05, 3.63) is 18.1 Å². The van der Waals surface area contributed by atoms with Gasteiger partial charge in [0.15, 0.2) is 0 Å². The molecule has 0 atom stereocenters. The number of rotatable bonds is 12. The molecular weight excluding hydrogens is 262 g/mol. The van der Waals surface area contributed by atoms with Crippen molar-refractivity contribution in [2.24, 2.45) is 5.92 Å². The maximum Gasteiger partial charge on any atom is 0.232 e. The normalized spacial score (nSPS) is 11.0. The van der Waals surface area contributed by atoms with E-state index in [1.54, 1.807) is 12.4 Å². The van der Waals surface area contributed by atoms with Crippen LogP contribution in [0.15, 0.2) is 12.4 Å². The van der Waals surface area contributed by atoms with Crippen LogP contribution in [0.1, 0.15) is 65.0 Å². The molecule has 0 aliphatic carbocycles. The fourth-order valence-corrected chi connectivity index (χ4v) is 2.06. The predicted molar refractivity (Wildman–Crippen MR) is 87.4 cm³/mol. The van der Waals surface area contributed by atoms with E-state index in [1.165, 1.54) is 32.1 Å². The third-order valence-electron chi connectivity index (χ3n) is 3.29. The Balaban J connectivity index is 2.10. The molecule has 1 heterocycles. The van der Waals surface area contributed by atoms with Crippen LogP contribution in [-0.4, -0.2) is 23.1 Å². The van der Waals surface area contributed by atoms with Gasteiger partial charge in [-0.1, -0.05) is 52.9 Å². The molecule has 1 rings (SSSR count). The van der Waals surface area contributed by atoms with Gasteiger partial charge >= 0.3 is 0 Å². The van der Waals surface area contributed by atoms with Gasteiger partial charge in [-0.25, -0.2) is 4.98 Å². The molecule has 0 aromatic carbocycles. The Hall–Kier alpha value is -1.16. The molecule has 1 N–H and O–H groups in total. The molecule has 0 radical (unpaired) electrons. The van der Waals surface area contributed by atoms with Crippen molar-refractivity contribution in [1.29, 1.82) is 0 Å². The smallest absolute Gasteiger partial charge is 0.232 e. The monoisotopic (exact) mass is 293 g/mol. The van der Waals surface area contributed by atoms with Crippen LogP contribution in [0.3, 0.4) is 0 Å². The van der Waals surface area contributed by atoms with Crippen molar-refractivity contribution in [2.75, 3.05) is 13.2 Å². The Kier molecular flexibility index (Phi) is 9.79. The third kappa shape index (κ3) is 9.40. The zero-order valence-corrected chi connectivity index (χ0v) is 13.9. The largest absolute Gasteiger partial charge is 0.477 e. The van der Waals surface area contributed by atoms with Gasteiger partial charge in [0.1, 0.15) is 0 Å². The summed E-state index contributed by atoms with van der Waals surface area (Å²) in [6, 6.07) is 0. The zero-order chi connectivity index (χ0) is 15.3. The fourth-order valence-electron chi connectivity index (χ4n) is 2.06. The van der Waals surface area contributed by atoms with Crippen LogP contribution < -0.4 is 10.1 Å². The highest BCUT2D eigenvalue weighted by molar-refractivity contribution is 5.07. The van der Waals surface area contributed by atoms with Crippen molar-refractivity contribution < 1.29 is 4.74 Å². The van der Waals surface area contributed by atoms with Gasteiger partial charge in [-0.3, -0.25) is 4.98 Å². The van der Waals surface area contributed by atoms with Gasteiger partial charge in [0.05, 0.1) is 24.7 Å². The Morgan fingerprint density at radius 2 is 1.81 bits per heavy atom. The lowest BCUT2D eigenvalue weighted by molar-refractivity contribution is 0.291. The van der Waals surface area contributed by atoms with E-state index >= 15 is 0 Å². The van der Waals surface area contributed by atoms with Crippen molar-refractivity contribution in [1.82, 2.24) is 15.3 Å². The highest BCUT2D eigenvalue weighted by Crippen LogP contribution is 2.08. The highest BCUT2D eigenvalue weighted by Gasteiger charge is 2.00. The summed E-state index contributed by atoms with van der Waals surface area (Å²) in [6.07, 6.45) is 11.2. The first-order chi connectivity index (χ1) is 10.2. The molecule has 0 aliphatic rings. The average molecular weight is 293 g/mol. The quantitative estimate of drug-likeness (QED) is 0.593. The SMILES string of the molecule is CCCCCCCCOc1cnc(CNCC(C)C)cn1. The molecule has 0 spiro atoms. The lowest BCUT2D eigenvalue weighted by Gasteiger charge is -2.08. The van der Waals surface area contributed by atoms with Gasteiger partial charge in [0, 0.05) is 6.54 Å². The highest BCUT2D eigenvalue weighted by atomic mass is 16.5. The first-order valence-corrected chi connectivity index (χ1v) is 8.36. The summed E-state index contributed by atoms with van der Waals surface area (Å²) in [6.45, 7) is 9.13. The number of hydrogen-bond acceptors (Lipinski definition) is 4. The van der Waals surface area contributed by atoms with E-state index in [4.69, 9.17) is 4.74 Å². The van der Waals surface area contributed by atoms with Crippen LogP contribution in [0.2, 0.25) is 0 Å². The molecule has 1 aromatic rings. The van der Waals surface area contributed by atoms with E-state index in [0.717, 1.165) is 31.8 Å². The number of nitrogens with one attached hydrogen (secondary N) is 1. The fraction of sp³-hybridized carbons (Fsp3) is 0.765. The summed E-state index contributed by atoms with van der Waals surface area (Å²) in [5.74, 6) is 1.29. The molecule has 1 aromatic heterocycles. The van der Waals surface area contributed by atoms with Crippen LogP contribution in [0.5, 0.6) is 5.88 Å². The molecule has 0 aliphatic heterocycles. The maximum atomic E-state index is 5.62. The third-order valence-corrected chi connectivity index (χ3v) is 3.29. The Labute approximate surface area is 129 Å². The summed E-state index contributed by atoms with van der Waals surface area (Å²) in [7, 11) is 0. The molecule has 0 saturated heterocycles. The molecule has 4 nitrogen and oxygen atoms in total. The van der Waals surface area contributed by atoms with E-state index in [2.05, 4.69) is 36.1 Å². The van der Waals surface area contributed by atoms with Crippen molar-refractivity contribution in [3.63, 3.8) is 0 Å². The molecule has 4 heteroatoms. The minimum Gasteiger partial charge on any atom is -0.477 e. The molecule has 0 amide bonds. The van der Waals surface area contributed by atoms with Gasteiger partial charge < -0.3 is 10.1 Å². The van der Waals surface area contributed by atoms with Crippen LogP contribution >= 0.6 is 0 Å². The molecular formula is C17H31N3O. The Morgan fingerprint density at radius 1 is 1.05 bits per heavy atom. The van der Waals surface area contributed by atoms with E-state index in [0.29, 0.717) is 11.8 Å². The van der Waals surface area contributed by atoms with E-state index in [9.17, 15) is 0 Å². The van der Waals surface area contributed by atoms with Gasteiger partial charge in [-0.05, 0) is 18.9 Å². The summed E-state index contributed by atoms with van der Waals surface area (Å²) < 4.78 is 5.62. The summed E-state index contributed by atoms with van der Waals surface area (Å²) in [4.78, 5) is 8.66. The Morgan fingerprint density at radius 3 is 2.48 bits per heavy atom. The second kappa shape index (κ2) is 11.5. The molecule has 0 unspecified atom stereocenters. The number of aromatic nitrogens is 2. The summed E-state index contributed by atoms with van der Waals surface area (Å²) >= 11 is 0. The minimum absolute atomic E-state index is 0.635. The molecule has 0 fully saturated rings. The maximum absolute atomic E-state index is 5.62. The van der Waals surface area contributed by atoms with Crippen LogP contribution in [0.25, 0.3) is 0 Å². The molecule has 0 bridgehead atoms. The lowest BCUT2D eigenvalue weighted by atomic mass is 10.1.